The van der Waals surface area contributed by atoms with Crippen molar-refractivity contribution < 1.29 is 39.0 Å². The van der Waals surface area contributed by atoms with Crippen LogP contribution in [0.15, 0.2) is 158 Å². The van der Waals surface area contributed by atoms with Gasteiger partial charge >= 0.3 is 24.0 Å². The van der Waals surface area contributed by atoms with Crippen molar-refractivity contribution in [3.05, 3.63) is 208 Å². The van der Waals surface area contributed by atoms with Crippen LogP contribution < -0.4 is 37.6 Å². The third-order valence-electron chi connectivity index (χ3n) is 9.60. The molecule has 0 radical (unpaired) electrons. The van der Waals surface area contributed by atoms with Crippen LogP contribution in [0.25, 0.3) is 0 Å². The molecule has 0 unspecified atom stereocenters. The van der Waals surface area contributed by atoms with Gasteiger partial charge < -0.3 is 47.8 Å². The lowest BCUT2D eigenvalue weighted by atomic mass is 10.1. The highest BCUT2D eigenvalue weighted by molar-refractivity contribution is 6.11. The third kappa shape index (κ3) is 16.4. The van der Waals surface area contributed by atoms with Gasteiger partial charge in [-0.3, -0.25) is 9.59 Å². The molecular formula is C58H41N7O8. The number of carboxylic acid groups (broad SMARTS) is 2. The quantitative estimate of drug-likeness (QED) is 0.0467. The normalized spacial score (nSPS) is 9.52. The van der Waals surface area contributed by atoms with E-state index < -0.39 is 35.8 Å². The summed E-state index contributed by atoms with van der Waals surface area (Å²) in [6.07, 6.45) is 26.7. The van der Waals surface area contributed by atoms with E-state index in [1.54, 1.807) is 109 Å². The minimum Gasteiger partial charge on any atom is -0.478 e. The number of nitrogens with two attached hydrogens (primary N) is 1. The van der Waals surface area contributed by atoms with E-state index in [2.05, 4.69) is 61.5 Å². The van der Waals surface area contributed by atoms with Gasteiger partial charge in [0.2, 0.25) is 0 Å². The average molecular weight is 964 g/mol. The van der Waals surface area contributed by atoms with Crippen molar-refractivity contribution in [2.75, 3.05) is 37.6 Å². The minimum absolute atomic E-state index is 0.0397. The van der Waals surface area contributed by atoms with Gasteiger partial charge in [0.15, 0.2) is 0 Å². The number of urea groups is 2. The van der Waals surface area contributed by atoms with Crippen molar-refractivity contribution in [3.8, 4) is 61.7 Å². The molecule has 356 valence electrons. The molecular weight excluding hydrogens is 923 g/mol. The molecule has 73 heavy (non-hydrogen) atoms. The summed E-state index contributed by atoms with van der Waals surface area (Å²) >= 11 is 0. The lowest BCUT2D eigenvalue weighted by Gasteiger charge is -2.13. The number of nitrogen functional groups attached to an aromatic ring is 1. The topological polar surface area (TPSA) is 241 Å². The molecule has 6 amide bonds. The molecule has 0 atom stereocenters. The number of nitrogens with one attached hydrogen (secondary N) is 6. The second-order valence-corrected chi connectivity index (χ2v) is 14.9. The van der Waals surface area contributed by atoms with Gasteiger partial charge in [0, 0.05) is 78.8 Å². The number of amides is 6. The lowest BCUT2D eigenvalue weighted by molar-refractivity contribution is 0.0696. The van der Waals surface area contributed by atoms with Crippen LogP contribution in [-0.2, 0) is 0 Å². The number of carbonyl (C=O) groups excluding carboxylic acids is 4. The second-order valence-electron chi connectivity index (χ2n) is 14.9. The zero-order chi connectivity index (χ0) is 52.9. The highest BCUT2D eigenvalue weighted by Gasteiger charge is 2.17. The Bertz CT molecular complexity index is 3370. The van der Waals surface area contributed by atoms with Crippen LogP contribution in [0.5, 0.6) is 0 Å². The third-order valence-corrected chi connectivity index (χ3v) is 9.60. The van der Waals surface area contributed by atoms with Gasteiger partial charge in [-0.1, -0.05) is 59.9 Å². The Morgan fingerprint density at radius 1 is 0.342 bits per heavy atom. The Hall–Kier alpha value is -11.4. The molecule has 0 aliphatic carbocycles. The van der Waals surface area contributed by atoms with Crippen LogP contribution in [0.1, 0.15) is 69.2 Å². The van der Waals surface area contributed by atoms with Crippen LogP contribution in [0.4, 0.5) is 49.4 Å². The lowest BCUT2D eigenvalue weighted by Crippen LogP contribution is -2.21. The fourth-order valence-corrected chi connectivity index (χ4v) is 6.28. The number of carbonyl (C=O) groups is 6. The maximum atomic E-state index is 13.2. The number of hydrogen-bond acceptors (Lipinski definition) is 7. The predicted molar refractivity (Wildman–Crippen MR) is 284 cm³/mol. The van der Waals surface area contributed by atoms with Crippen molar-refractivity contribution in [1.29, 1.82) is 0 Å². The van der Waals surface area contributed by atoms with E-state index in [1.807, 2.05) is 12.1 Å². The van der Waals surface area contributed by atoms with E-state index in [1.165, 1.54) is 18.2 Å². The first-order chi connectivity index (χ1) is 35.1. The number of rotatable bonds is 10. The molecule has 0 spiro atoms. The number of anilines is 7. The summed E-state index contributed by atoms with van der Waals surface area (Å²) in [5, 5.41) is 33.8. The standard InChI is InChI=1S/C33H22N4O3.C17H12N2O5.C8H7N/c1-4-22-10-7-13-27(16-22)34-31(38)25-19-26(32(39)35-28-14-8-11-23(5-2)17-28)21-30(20-25)37-33(40)36-29-15-9-12-24(6-3)18-29;1-2-10-4-3-5-13(6-10)18-17(24)19-14-8-11(15(20)21)7-12(9-14)16(22)23;1-2-7-4-3-5-8(9)6-7/h1-3,7-21H,(H,34,38)(H,35,39)(H2,36,37,40);1,3-9H,(H,20,21)(H,22,23)(H2,18,19,24);1,3-6H,9H2. The van der Waals surface area contributed by atoms with Gasteiger partial charge in [0.25, 0.3) is 11.8 Å². The van der Waals surface area contributed by atoms with Gasteiger partial charge in [0.05, 0.1) is 11.1 Å². The summed E-state index contributed by atoms with van der Waals surface area (Å²) in [7, 11) is 0. The molecule has 0 saturated carbocycles. The van der Waals surface area contributed by atoms with Crippen LogP contribution >= 0.6 is 0 Å². The summed E-state index contributed by atoms with van der Waals surface area (Å²) in [6, 6.07) is 40.5. The Balaban J connectivity index is 0.000000251. The first-order valence-corrected chi connectivity index (χ1v) is 21.2. The second kappa shape index (κ2) is 25.6. The van der Waals surface area contributed by atoms with Gasteiger partial charge in [-0.05, 0) is 127 Å². The average Bonchev–Trinajstić information content (AvgIpc) is 3.38. The highest BCUT2D eigenvalue weighted by atomic mass is 16.4. The SMILES string of the molecule is C#Cc1cccc(N)c1.C#Cc1cccc(NC(=O)Nc2cc(C(=O)Nc3cccc(C#C)c3)cc(C(=O)Nc3cccc(C#C)c3)c2)c1.C#Cc1cccc(NC(=O)Nc2cc(C(=O)O)cc(C(=O)O)c2)c1. The molecule has 15 heteroatoms. The zero-order valence-electron chi connectivity index (χ0n) is 38.3. The maximum absolute atomic E-state index is 13.2. The first-order valence-electron chi connectivity index (χ1n) is 21.2. The van der Waals surface area contributed by atoms with Crippen molar-refractivity contribution in [3.63, 3.8) is 0 Å². The number of terminal acetylenes is 5. The van der Waals surface area contributed by atoms with E-state index in [9.17, 15) is 28.8 Å². The summed E-state index contributed by atoms with van der Waals surface area (Å²) in [5.74, 6) is 8.81. The zero-order valence-corrected chi connectivity index (χ0v) is 38.3. The number of aromatic carboxylic acids is 2. The molecule has 10 N–H and O–H groups in total. The van der Waals surface area contributed by atoms with Gasteiger partial charge in [-0.15, -0.1) is 32.1 Å². The fourth-order valence-electron chi connectivity index (χ4n) is 6.28. The van der Waals surface area contributed by atoms with E-state index >= 15 is 0 Å². The van der Waals surface area contributed by atoms with E-state index in [-0.39, 0.29) is 33.6 Å². The molecule has 0 fully saturated rings. The van der Waals surface area contributed by atoms with Crippen LogP contribution in [0.2, 0.25) is 0 Å². The summed E-state index contributed by atoms with van der Waals surface area (Å²) < 4.78 is 0. The number of carboxylic acids is 2. The summed E-state index contributed by atoms with van der Waals surface area (Å²) in [4.78, 5) is 73.1. The largest absolute Gasteiger partial charge is 0.478 e. The van der Waals surface area contributed by atoms with Crippen molar-refractivity contribution >= 4 is 75.6 Å². The van der Waals surface area contributed by atoms with Crippen molar-refractivity contribution in [1.82, 2.24) is 0 Å². The maximum Gasteiger partial charge on any atom is 0.335 e. The Morgan fingerprint density at radius 3 is 0.918 bits per heavy atom. The summed E-state index contributed by atoms with van der Waals surface area (Å²) in [6.45, 7) is 0. The van der Waals surface area contributed by atoms with E-state index in [0.29, 0.717) is 50.7 Å². The van der Waals surface area contributed by atoms with E-state index in [0.717, 1.165) is 23.8 Å². The summed E-state index contributed by atoms with van der Waals surface area (Å²) in [5.41, 5.74) is 11.2. The van der Waals surface area contributed by atoms with Gasteiger partial charge in [-0.2, -0.15) is 0 Å². The fraction of sp³-hybridized carbons (Fsp3) is 0. The molecule has 7 aromatic carbocycles. The molecule has 15 nitrogen and oxygen atoms in total. The Morgan fingerprint density at radius 2 is 0.616 bits per heavy atom. The molecule has 7 aromatic rings. The molecule has 0 aliphatic heterocycles. The minimum atomic E-state index is -1.30. The molecule has 0 saturated heterocycles. The molecule has 0 heterocycles. The highest BCUT2D eigenvalue weighted by Crippen LogP contribution is 2.22. The molecule has 0 aliphatic rings. The van der Waals surface area contributed by atoms with Crippen LogP contribution in [0.3, 0.4) is 0 Å². The first kappa shape index (κ1) is 52.5. The molecule has 0 bridgehead atoms. The van der Waals surface area contributed by atoms with E-state index in [4.69, 9.17) is 48.1 Å². The Kier molecular flexibility index (Phi) is 18.4. The monoisotopic (exact) mass is 963 g/mol. The Labute approximate surface area is 420 Å². The van der Waals surface area contributed by atoms with Crippen molar-refractivity contribution in [2.24, 2.45) is 0 Å². The van der Waals surface area contributed by atoms with Gasteiger partial charge in [0.1, 0.15) is 0 Å². The smallest absolute Gasteiger partial charge is 0.335 e. The number of hydrogen-bond donors (Lipinski definition) is 9. The van der Waals surface area contributed by atoms with Crippen LogP contribution in [0, 0.1) is 61.7 Å². The number of benzene rings is 7. The molecule has 7 rings (SSSR count). The van der Waals surface area contributed by atoms with Gasteiger partial charge in [-0.25, -0.2) is 19.2 Å². The van der Waals surface area contributed by atoms with Crippen molar-refractivity contribution in [2.45, 2.75) is 0 Å². The molecule has 0 aromatic heterocycles. The van der Waals surface area contributed by atoms with Crippen LogP contribution in [-0.4, -0.2) is 46.0 Å². The predicted octanol–water partition coefficient (Wildman–Crippen LogP) is 9.74.